The van der Waals surface area contributed by atoms with E-state index >= 15 is 0 Å². The number of hydrogen-bond acceptors (Lipinski definition) is 4. The molecule has 2 aromatic carbocycles. The first-order valence-electron chi connectivity index (χ1n) is 13.7. The Labute approximate surface area is 211 Å². The molecule has 0 radical (unpaired) electrons. The fourth-order valence-electron chi connectivity index (χ4n) is 6.22. The summed E-state index contributed by atoms with van der Waals surface area (Å²) < 4.78 is 11.3. The van der Waals surface area contributed by atoms with Crippen molar-refractivity contribution in [2.45, 2.75) is 84.3 Å². The summed E-state index contributed by atoms with van der Waals surface area (Å²) in [5, 5.41) is 10.9. The van der Waals surface area contributed by atoms with Gasteiger partial charge in [-0.1, -0.05) is 88.4 Å². The van der Waals surface area contributed by atoms with Crippen LogP contribution in [0.25, 0.3) is 0 Å². The third-order valence-corrected chi connectivity index (χ3v) is 8.23. The second kappa shape index (κ2) is 12.6. The van der Waals surface area contributed by atoms with Crippen molar-refractivity contribution in [1.29, 1.82) is 0 Å². The van der Waals surface area contributed by atoms with Gasteiger partial charge in [0, 0.05) is 0 Å². The molecule has 0 bridgehead atoms. The van der Waals surface area contributed by atoms with Crippen molar-refractivity contribution in [2.24, 2.45) is 23.7 Å². The first-order valence-corrected chi connectivity index (χ1v) is 13.7. The molecule has 0 aromatic heterocycles. The first kappa shape index (κ1) is 25.8. The van der Waals surface area contributed by atoms with Gasteiger partial charge in [-0.15, -0.1) is 0 Å². The van der Waals surface area contributed by atoms with Crippen molar-refractivity contribution in [2.75, 3.05) is 6.61 Å². The fraction of sp³-hybridized carbons (Fsp3) is 0.581. The molecule has 2 aromatic rings. The molecule has 1 N–H and O–H groups in total. The molecular weight excluding hydrogens is 436 g/mol. The van der Waals surface area contributed by atoms with E-state index in [0.717, 1.165) is 42.9 Å². The Hall–Kier alpha value is -2.33. The van der Waals surface area contributed by atoms with Crippen LogP contribution in [-0.4, -0.2) is 23.8 Å². The summed E-state index contributed by atoms with van der Waals surface area (Å²) in [6.45, 7) is 4.81. The summed E-state index contributed by atoms with van der Waals surface area (Å²) in [5.41, 5.74) is 3.50. The SMILES string of the molecule is CCCCCC(C)CCC1C(O)CC2Cc3c(cccc3OCC(=O)OCc3ccccc3)CC21. The predicted octanol–water partition coefficient (Wildman–Crippen LogP) is 6.52. The summed E-state index contributed by atoms with van der Waals surface area (Å²) in [4.78, 5) is 12.3. The number of esters is 1. The molecule has 0 heterocycles. The molecule has 2 aliphatic carbocycles. The van der Waals surface area contributed by atoms with E-state index < -0.39 is 0 Å². The van der Waals surface area contributed by atoms with E-state index in [1.54, 1.807) is 0 Å². The van der Waals surface area contributed by atoms with Crippen LogP contribution in [0.2, 0.25) is 0 Å². The normalized spacial score (nSPS) is 23.9. The highest BCUT2D eigenvalue weighted by atomic mass is 16.6. The molecule has 4 rings (SSSR count). The summed E-state index contributed by atoms with van der Waals surface area (Å²) in [6, 6.07) is 15.9. The third kappa shape index (κ3) is 6.88. The van der Waals surface area contributed by atoms with Gasteiger partial charge in [-0.05, 0) is 72.1 Å². The topological polar surface area (TPSA) is 55.8 Å². The van der Waals surface area contributed by atoms with Gasteiger partial charge in [0.05, 0.1) is 6.10 Å². The van der Waals surface area contributed by atoms with E-state index in [9.17, 15) is 9.90 Å². The summed E-state index contributed by atoms with van der Waals surface area (Å²) in [6.07, 6.45) is 10.2. The third-order valence-electron chi connectivity index (χ3n) is 8.23. The van der Waals surface area contributed by atoms with Gasteiger partial charge in [0.1, 0.15) is 12.4 Å². The lowest BCUT2D eigenvalue weighted by Gasteiger charge is -2.32. The van der Waals surface area contributed by atoms with Gasteiger partial charge in [0.25, 0.3) is 0 Å². The molecule has 1 fully saturated rings. The molecule has 35 heavy (non-hydrogen) atoms. The number of fused-ring (bicyclic) bond motifs is 2. The molecule has 4 nitrogen and oxygen atoms in total. The van der Waals surface area contributed by atoms with Crippen molar-refractivity contribution in [3.63, 3.8) is 0 Å². The van der Waals surface area contributed by atoms with Crippen molar-refractivity contribution in [3.05, 3.63) is 65.2 Å². The molecule has 1 saturated carbocycles. The number of benzene rings is 2. The monoisotopic (exact) mass is 478 g/mol. The number of aliphatic hydroxyl groups excluding tert-OH is 1. The molecule has 0 spiro atoms. The Morgan fingerprint density at radius 1 is 1.06 bits per heavy atom. The molecule has 0 saturated heterocycles. The second-order valence-electron chi connectivity index (χ2n) is 10.8. The van der Waals surface area contributed by atoms with Gasteiger partial charge in [-0.2, -0.15) is 0 Å². The zero-order chi connectivity index (χ0) is 24.6. The summed E-state index contributed by atoms with van der Waals surface area (Å²) in [5.74, 6) is 2.62. The van der Waals surface area contributed by atoms with E-state index in [-0.39, 0.29) is 25.3 Å². The van der Waals surface area contributed by atoms with Gasteiger partial charge in [0.15, 0.2) is 6.61 Å². The largest absolute Gasteiger partial charge is 0.482 e. The Balaban J connectivity index is 1.31. The smallest absolute Gasteiger partial charge is 0.344 e. The molecule has 0 aliphatic heterocycles. The van der Waals surface area contributed by atoms with Crippen LogP contribution in [0.5, 0.6) is 5.75 Å². The highest BCUT2D eigenvalue weighted by molar-refractivity contribution is 5.71. The number of rotatable bonds is 12. The van der Waals surface area contributed by atoms with E-state index in [4.69, 9.17) is 9.47 Å². The maximum absolute atomic E-state index is 12.3. The van der Waals surface area contributed by atoms with E-state index in [0.29, 0.717) is 17.8 Å². The average molecular weight is 479 g/mol. The van der Waals surface area contributed by atoms with E-state index in [1.165, 1.54) is 43.2 Å². The minimum Gasteiger partial charge on any atom is -0.482 e. The van der Waals surface area contributed by atoms with E-state index in [1.807, 2.05) is 42.5 Å². The number of carbonyl (C=O) groups excluding carboxylic acids is 1. The highest BCUT2D eigenvalue weighted by Gasteiger charge is 2.44. The lowest BCUT2D eigenvalue weighted by Crippen LogP contribution is -2.27. The molecule has 2 aliphatic rings. The fourth-order valence-corrected chi connectivity index (χ4v) is 6.22. The maximum atomic E-state index is 12.3. The lowest BCUT2D eigenvalue weighted by molar-refractivity contribution is -0.147. The molecule has 4 heteroatoms. The Morgan fingerprint density at radius 3 is 2.69 bits per heavy atom. The van der Waals surface area contributed by atoms with Crippen LogP contribution >= 0.6 is 0 Å². The van der Waals surface area contributed by atoms with Gasteiger partial charge in [-0.3, -0.25) is 0 Å². The number of hydrogen-bond donors (Lipinski definition) is 1. The molecule has 5 atom stereocenters. The predicted molar refractivity (Wildman–Crippen MR) is 139 cm³/mol. The molecule has 5 unspecified atom stereocenters. The van der Waals surface area contributed by atoms with Crippen LogP contribution in [0.15, 0.2) is 48.5 Å². The number of aliphatic hydroxyl groups is 1. The van der Waals surface area contributed by atoms with Crippen LogP contribution in [0.4, 0.5) is 0 Å². The first-order chi connectivity index (χ1) is 17.0. The van der Waals surface area contributed by atoms with Crippen LogP contribution in [0, 0.1) is 23.7 Å². The van der Waals surface area contributed by atoms with Gasteiger partial charge >= 0.3 is 5.97 Å². The van der Waals surface area contributed by atoms with Crippen LogP contribution in [0.1, 0.15) is 75.5 Å². The minimum absolute atomic E-state index is 0.0848. The van der Waals surface area contributed by atoms with Gasteiger partial charge < -0.3 is 14.6 Å². The minimum atomic E-state index is -0.357. The van der Waals surface area contributed by atoms with Crippen molar-refractivity contribution in [3.8, 4) is 5.75 Å². The second-order valence-corrected chi connectivity index (χ2v) is 10.8. The molecule has 190 valence electrons. The zero-order valence-electron chi connectivity index (χ0n) is 21.5. The standard InChI is InChI=1S/C31H42O4/c1-3-4-6-10-22(2)15-16-26-27-17-24-13-9-14-30(28(24)18-25(27)19-29(26)32)34-21-31(33)35-20-23-11-7-5-8-12-23/h5,7-9,11-14,22,25-27,29,32H,3-4,6,10,15-21H2,1-2H3. The zero-order valence-corrected chi connectivity index (χ0v) is 21.5. The summed E-state index contributed by atoms with van der Waals surface area (Å²) >= 11 is 0. The lowest BCUT2D eigenvalue weighted by atomic mass is 9.73. The van der Waals surface area contributed by atoms with Crippen molar-refractivity contribution < 1.29 is 19.4 Å². The Kier molecular flexibility index (Phi) is 9.25. The average Bonchev–Trinajstić information content (AvgIpc) is 3.18. The van der Waals surface area contributed by atoms with E-state index in [2.05, 4.69) is 19.9 Å². The Bertz CT molecular complexity index is 940. The molecule has 0 amide bonds. The highest BCUT2D eigenvalue weighted by Crippen LogP contribution is 2.48. The van der Waals surface area contributed by atoms with Crippen LogP contribution in [-0.2, 0) is 29.0 Å². The summed E-state index contributed by atoms with van der Waals surface area (Å²) in [7, 11) is 0. The Morgan fingerprint density at radius 2 is 1.89 bits per heavy atom. The van der Waals surface area contributed by atoms with Crippen LogP contribution < -0.4 is 4.74 Å². The molecular formula is C31H42O4. The number of unbranched alkanes of at least 4 members (excludes halogenated alkanes) is 2. The quantitative estimate of drug-likeness (QED) is 0.279. The van der Waals surface area contributed by atoms with Crippen molar-refractivity contribution in [1.82, 2.24) is 0 Å². The van der Waals surface area contributed by atoms with Gasteiger partial charge in [0.2, 0.25) is 0 Å². The number of carbonyl (C=O) groups is 1. The van der Waals surface area contributed by atoms with Gasteiger partial charge in [-0.25, -0.2) is 4.79 Å². The maximum Gasteiger partial charge on any atom is 0.344 e. The van der Waals surface area contributed by atoms with Crippen molar-refractivity contribution >= 4 is 5.97 Å². The van der Waals surface area contributed by atoms with Crippen LogP contribution in [0.3, 0.4) is 0 Å². The number of ether oxygens (including phenoxy) is 2.